The molecule has 0 aliphatic heterocycles. The Kier molecular flexibility index (Phi) is 4.04. The standard InChI is InChI=1S/C25H17NS/c1-3-9-18(10-4-1)20-15-16-21(19-11-5-2-6-12-19)22(17-20)25-26-23-13-7-8-14-24(23)27-25/h1-17H. The highest BCUT2D eigenvalue weighted by atomic mass is 32.1. The Morgan fingerprint density at radius 2 is 1.19 bits per heavy atom. The third kappa shape index (κ3) is 3.05. The van der Waals surface area contributed by atoms with E-state index >= 15 is 0 Å². The minimum absolute atomic E-state index is 1.06. The van der Waals surface area contributed by atoms with Crippen LogP contribution in [0.5, 0.6) is 0 Å². The predicted molar refractivity (Wildman–Crippen MR) is 116 cm³/mol. The lowest BCUT2D eigenvalue weighted by Crippen LogP contribution is -1.87. The molecule has 0 radical (unpaired) electrons. The number of rotatable bonds is 3. The lowest BCUT2D eigenvalue weighted by molar-refractivity contribution is 1.47. The SMILES string of the molecule is c1ccc(-c2ccc(-c3ccccc3)c(-c3nc4ccccc4s3)c2)cc1. The monoisotopic (exact) mass is 363 g/mol. The molecule has 2 heteroatoms. The fourth-order valence-electron chi connectivity index (χ4n) is 3.39. The maximum Gasteiger partial charge on any atom is 0.125 e. The Labute approximate surface area is 162 Å². The van der Waals surface area contributed by atoms with Crippen molar-refractivity contribution in [2.24, 2.45) is 0 Å². The molecule has 1 heterocycles. The van der Waals surface area contributed by atoms with Crippen LogP contribution in [-0.4, -0.2) is 4.98 Å². The summed E-state index contributed by atoms with van der Waals surface area (Å²) in [5.74, 6) is 0. The molecule has 0 N–H and O–H groups in total. The first kappa shape index (κ1) is 16.0. The number of aromatic nitrogens is 1. The van der Waals surface area contributed by atoms with Crippen molar-refractivity contribution in [3.63, 3.8) is 0 Å². The fourth-order valence-corrected chi connectivity index (χ4v) is 4.38. The Bertz CT molecular complexity index is 1170. The molecule has 0 atom stereocenters. The van der Waals surface area contributed by atoms with Gasteiger partial charge in [-0.1, -0.05) is 84.9 Å². The van der Waals surface area contributed by atoms with E-state index in [0.717, 1.165) is 10.5 Å². The predicted octanol–water partition coefficient (Wildman–Crippen LogP) is 7.30. The molecule has 5 rings (SSSR count). The molecular formula is C25H17NS. The topological polar surface area (TPSA) is 12.9 Å². The van der Waals surface area contributed by atoms with E-state index in [1.807, 2.05) is 6.07 Å². The normalized spacial score (nSPS) is 11.0. The Morgan fingerprint density at radius 3 is 1.93 bits per heavy atom. The summed E-state index contributed by atoms with van der Waals surface area (Å²) in [6, 6.07) is 36.1. The van der Waals surface area contributed by atoms with Crippen LogP contribution in [0.3, 0.4) is 0 Å². The molecule has 0 bridgehead atoms. The molecule has 0 spiro atoms. The molecule has 1 nitrogen and oxygen atoms in total. The van der Waals surface area contributed by atoms with Gasteiger partial charge in [-0.3, -0.25) is 0 Å². The summed E-state index contributed by atoms with van der Waals surface area (Å²) in [7, 11) is 0. The number of nitrogens with zero attached hydrogens (tertiary/aromatic N) is 1. The molecule has 0 saturated carbocycles. The Morgan fingerprint density at radius 1 is 0.519 bits per heavy atom. The van der Waals surface area contributed by atoms with Crippen molar-refractivity contribution in [3.05, 3.63) is 103 Å². The molecule has 5 aromatic rings. The van der Waals surface area contributed by atoms with Crippen LogP contribution in [-0.2, 0) is 0 Å². The first-order valence-electron chi connectivity index (χ1n) is 8.99. The first-order valence-corrected chi connectivity index (χ1v) is 9.81. The van der Waals surface area contributed by atoms with Gasteiger partial charge in [-0.2, -0.15) is 0 Å². The summed E-state index contributed by atoms with van der Waals surface area (Å²) in [6.07, 6.45) is 0. The summed E-state index contributed by atoms with van der Waals surface area (Å²) in [5, 5.41) is 1.06. The zero-order valence-electron chi connectivity index (χ0n) is 14.7. The van der Waals surface area contributed by atoms with Gasteiger partial charge in [0.15, 0.2) is 0 Å². The van der Waals surface area contributed by atoms with E-state index in [1.54, 1.807) is 11.3 Å². The molecule has 1 aromatic heterocycles. The van der Waals surface area contributed by atoms with Crippen molar-refractivity contribution in [1.29, 1.82) is 0 Å². The zero-order valence-corrected chi connectivity index (χ0v) is 15.5. The minimum atomic E-state index is 1.06. The smallest absolute Gasteiger partial charge is 0.125 e. The number of thiazole rings is 1. The number of fused-ring (bicyclic) bond motifs is 1. The largest absolute Gasteiger partial charge is 0.236 e. The minimum Gasteiger partial charge on any atom is -0.236 e. The van der Waals surface area contributed by atoms with E-state index in [0.29, 0.717) is 0 Å². The molecule has 0 aliphatic rings. The van der Waals surface area contributed by atoms with Gasteiger partial charge in [0.25, 0.3) is 0 Å². The molecule has 0 aliphatic carbocycles. The lowest BCUT2D eigenvalue weighted by atomic mass is 9.95. The zero-order chi connectivity index (χ0) is 18.1. The third-order valence-corrected chi connectivity index (χ3v) is 5.81. The molecule has 0 fully saturated rings. The van der Waals surface area contributed by atoms with Gasteiger partial charge >= 0.3 is 0 Å². The second-order valence-electron chi connectivity index (χ2n) is 6.48. The van der Waals surface area contributed by atoms with Crippen molar-refractivity contribution in [3.8, 4) is 32.8 Å². The van der Waals surface area contributed by atoms with Crippen LogP contribution in [0.15, 0.2) is 103 Å². The van der Waals surface area contributed by atoms with Crippen molar-refractivity contribution in [1.82, 2.24) is 4.98 Å². The van der Waals surface area contributed by atoms with Crippen LogP contribution in [0.25, 0.3) is 43.0 Å². The summed E-state index contributed by atoms with van der Waals surface area (Å²) < 4.78 is 1.22. The number of hydrogen-bond acceptors (Lipinski definition) is 2. The van der Waals surface area contributed by atoms with E-state index in [4.69, 9.17) is 4.98 Å². The van der Waals surface area contributed by atoms with Gasteiger partial charge in [-0.25, -0.2) is 4.98 Å². The van der Waals surface area contributed by atoms with Gasteiger partial charge in [-0.15, -0.1) is 11.3 Å². The van der Waals surface area contributed by atoms with Crippen molar-refractivity contribution >= 4 is 21.6 Å². The van der Waals surface area contributed by atoms with Crippen LogP contribution >= 0.6 is 11.3 Å². The third-order valence-electron chi connectivity index (χ3n) is 4.74. The van der Waals surface area contributed by atoms with Crippen molar-refractivity contribution in [2.75, 3.05) is 0 Å². The maximum atomic E-state index is 4.92. The Balaban J connectivity index is 1.74. The average molecular weight is 363 g/mol. The van der Waals surface area contributed by atoms with E-state index in [1.165, 1.54) is 32.5 Å². The average Bonchev–Trinajstić information content (AvgIpc) is 3.19. The molecule has 0 saturated heterocycles. The van der Waals surface area contributed by atoms with E-state index < -0.39 is 0 Å². The highest BCUT2D eigenvalue weighted by molar-refractivity contribution is 7.21. The second kappa shape index (κ2) is 6.82. The van der Waals surface area contributed by atoms with E-state index in [9.17, 15) is 0 Å². The van der Waals surface area contributed by atoms with Gasteiger partial charge in [-0.05, 0) is 40.5 Å². The van der Waals surface area contributed by atoms with Gasteiger partial charge in [0.1, 0.15) is 5.01 Å². The molecule has 128 valence electrons. The highest BCUT2D eigenvalue weighted by Crippen LogP contribution is 2.39. The number of hydrogen-bond donors (Lipinski definition) is 0. The summed E-state index contributed by atoms with van der Waals surface area (Å²) in [5.41, 5.74) is 7.11. The quantitative estimate of drug-likeness (QED) is 0.328. The Hall–Kier alpha value is -3.23. The molecule has 0 unspecified atom stereocenters. The van der Waals surface area contributed by atoms with Crippen LogP contribution in [0, 0.1) is 0 Å². The van der Waals surface area contributed by atoms with Crippen molar-refractivity contribution < 1.29 is 0 Å². The van der Waals surface area contributed by atoms with Gasteiger partial charge in [0.2, 0.25) is 0 Å². The molecule has 0 amide bonds. The van der Waals surface area contributed by atoms with Crippen LogP contribution in [0.2, 0.25) is 0 Å². The van der Waals surface area contributed by atoms with Crippen LogP contribution in [0.4, 0.5) is 0 Å². The number of benzene rings is 4. The summed E-state index contributed by atoms with van der Waals surface area (Å²) in [4.78, 5) is 4.92. The van der Waals surface area contributed by atoms with Gasteiger partial charge < -0.3 is 0 Å². The molecule has 27 heavy (non-hydrogen) atoms. The second-order valence-corrected chi connectivity index (χ2v) is 7.51. The van der Waals surface area contributed by atoms with Gasteiger partial charge in [0, 0.05) is 5.56 Å². The maximum absolute atomic E-state index is 4.92. The summed E-state index contributed by atoms with van der Waals surface area (Å²) >= 11 is 1.75. The van der Waals surface area contributed by atoms with E-state index in [2.05, 4.69) is 97.1 Å². The van der Waals surface area contributed by atoms with E-state index in [-0.39, 0.29) is 0 Å². The fraction of sp³-hybridized carbons (Fsp3) is 0. The lowest BCUT2D eigenvalue weighted by Gasteiger charge is -2.11. The van der Waals surface area contributed by atoms with Crippen LogP contribution < -0.4 is 0 Å². The van der Waals surface area contributed by atoms with Crippen molar-refractivity contribution in [2.45, 2.75) is 0 Å². The number of para-hydroxylation sites is 1. The van der Waals surface area contributed by atoms with Crippen LogP contribution in [0.1, 0.15) is 0 Å². The van der Waals surface area contributed by atoms with Gasteiger partial charge in [0.05, 0.1) is 10.2 Å². The molecule has 4 aromatic carbocycles. The highest BCUT2D eigenvalue weighted by Gasteiger charge is 2.13. The molecular weight excluding hydrogens is 346 g/mol. The first-order chi connectivity index (χ1) is 13.4. The summed E-state index contributed by atoms with van der Waals surface area (Å²) in [6.45, 7) is 0.